The quantitative estimate of drug-likeness (QED) is 0.471. The third-order valence-corrected chi connectivity index (χ3v) is 4.59. The van der Waals surface area contributed by atoms with Crippen molar-refractivity contribution >= 4 is 45.2 Å². The maximum absolute atomic E-state index is 2.53. The van der Waals surface area contributed by atoms with Gasteiger partial charge in [-0.05, 0) is 46.2 Å². The van der Waals surface area contributed by atoms with Gasteiger partial charge in [-0.3, -0.25) is 0 Å². The van der Waals surface area contributed by atoms with Crippen LogP contribution >= 0.6 is 45.2 Å². The molecule has 0 radical (unpaired) electrons. The van der Waals surface area contributed by atoms with E-state index in [0.717, 1.165) is 6.42 Å². The van der Waals surface area contributed by atoms with Crippen LogP contribution in [0.1, 0.15) is 15.1 Å². The monoisotopic (exact) mass is 434 g/mol. The lowest BCUT2D eigenvalue weighted by Crippen LogP contribution is -1.97. The molecule has 0 nitrogen and oxygen atoms in total. The summed E-state index contributed by atoms with van der Waals surface area (Å²) in [4.78, 5) is 0. The highest BCUT2D eigenvalue weighted by molar-refractivity contribution is 14.1. The normalized spacial score (nSPS) is 12.4. The Balaban J connectivity index is 2.15. The van der Waals surface area contributed by atoms with Crippen LogP contribution in [0.25, 0.3) is 0 Å². The number of halogens is 2. The molecule has 2 heteroatoms. The molecule has 0 aliphatic rings. The van der Waals surface area contributed by atoms with Crippen molar-refractivity contribution in [3.8, 4) is 0 Å². The maximum Gasteiger partial charge on any atom is 0.0410 e. The van der Waals surface area contributed by atoms with Gasteiger partial charge in [0.15, 0.2) is 0 Å². The maximum atomic E-state index is 2.53. The van der Waals surface area contributed by atoms with E-state index in [1.54, 1.807) is 0 Å². The predicted octanol–water partition coefficient (Wildman–Crippen LogP) is 5.01. The number of hydrogen-bond acceptors (Lipinski definition) is 0. The number of hydrogen-bond donors (Lipinski definition) is 0. The largest absolute Gasteiger partial charge is 0.0770 e. The molecule has 2 aromatic rings. The molecule has 0 bridgehead atoms. The molecular formula is C14H12I2. The third-order valence-electron chi connectivity index (χ3n) is 2.50. The fraction of sp³-hybridized carbons (Fsp3) is 0.143. The summed E-state index contributed by atoms with van der Waals surface area (Å²) in [5.74, 6) is 0. The van der Waals surface area contributed by atoms with Gasteiger partial charge in [-0.15, -0.1) is 0 Å². The van der Waals surface area contributed by atoms with E-state index in [1.807, 2.05) is 0 Å². The van der Waals surface area contributed by atoms with Gasteiger partial charge in [0.25, 0.3) is 0 Å². The van der Waals surface area contributed by atoms with E-state index in [9.17, 15) is 0 Å². The molecule has 0 aromatic heterocycles. The Labute approximate surface area is 124 Å². The summed E-state index contributed by atoms with van der Waals surface area (Å²) in [6.07, 6.45) is 1.10. The summed E-state index contributed by atoms with van der Waals surface area (Å²) in [5, 5.41) is 0. The van der Waals surface area contributed by atoms with Crippen LogP contribution < -0.4 is 0 Å². The van der Waals surface area contributed by atoms with Crippen LogP contribution in [-0.4, -0.2) is 0 Å². The second-order valence-corrected chi connectivity index (χ2v) is 6.34. The number of rotatable bonds is 3. The molecule has 0 aliphatic carbocycles. The minimum atomic E-state index is 0.549. The van der Waals surface area contributed by atoms with Gasteiger partial charge in [0.2, 0.25) is 0 Å². The van der Waals surface area contributed by atoms with Crippen molar-refractivity contribution in [2.24, 2.45) is 0 Å². The van der Waals surface area contributed by atoms with Crippen molar-refractivity contribution in [2.75, 3.05) is 0 Å². The first kappa shape index (κ1) is 12.4. The standard InChI is InChI=1S/C14H12I2/c15-13-9-5-4-8-12(13)14(16)10-11-6-2-1-3-7-11/h1-9,14H,10H2. The Kier molecular flexibility index (Phi) is 4.64. The molecule has 0 aliphatic heterocycles. The minimum absolute atomic E-state index is 0.549. The molecular weight excluding hydrogens is 422 g/mol. The van der Waals surface area contributed by atoms with Crippen LogP contribution in [-0.2, 0) is 6.42 Å². The summed E-state index contributed by atoms with van der Waals surface area (Å²) < 4.78 is 1.91. The Morgan fingerprint density at radius 2 is 1.50 bits per heavy atom. The zero-order valence-corrected chi connectivity index (χ0v) is 13.1. The average Bonchev–Trinajstić information content (AvgIpc) is 2.31. The predicted molar refractivity (Wildman–Crippen MR) is 86.1 cm³/mol. The summed E-state index contributed by atoms with van der Waals surface area (Å²) in [6, 6.07) is 19.3. The van der Waals surface area contributed by atoms with Crippen LogP contribution in [0, 0.1) is 3.57 Å². The lowest BCUT2D eigenvalue weighted by atomic mass is 10.0. The van der Waals surface area contributed by atoms with Gasteiger partial charge in [-0.1, -0.05) is 71.1 Å². The topological polar surface area (TPSA) is 0 Å². The Bertz CT molecular complexity index is 451. The Morgan fingerprint density at radius 3 is 2.19 bits per heavy atom. The molecule has 0 spiro atoms. The number of alkyl halides is 1. The summed E-state index contributed by atoms with van der Waals surface area (Å²) in [6.45, 7) is 0. The van der Waals surface area contributed by atoms with E-state index < -0.39 is 0 Å². The van der Waals surface area contributed by atoms with Crippen molar-refractivity contribution in [3.05, 3.63) is 69.3 Å². The molecule has 0 fully saturated rings. The van der Waals surface area contributed by atoms with Gasteiger partial charge in [0.1, 0.15) is 0 Å². The lowest BCUT2D eigenvalue weighted by molar-refractivity contribution is 0.960. The molecule has 0 amide bonds. The van der Waals surface area contributed by atoms with Gasteiger partial charge in [-0.25, -0.2) is 0 Å². The zero-order valence-electron chi connectivity index (χ0n) is 8.74. The van der Waals surface area contributed by atoms with Gasteiger partial charge in [0.05, 0.1) is 0 Å². The minimum Gasteiger partial charge on any atom is -0.0770 e. The molecule has 1 atom stereocenters. The Hall–Kier alpha value is -0.100. The summed E-state index contributed by atoms with van der Waals surface area (Å²) >= 11 is 4.95. The highest BCUT2D eigenvalue weighted by Crippen LogP contribution is 2.30. The van der Waals surface area contributed by atoms with Crippen LogP contribution in [0.3, 0.4) is 0 Å². The molecule has 16 heavy (non-hydrogen) atoms. The third kappa shape index (κ3) is 3.20. The van der Waals surface area contributed by atoms with Crippen molar-refractivity contribution in [2.45, 2.75) is 10.3 Å². The van der Waals surface area contributed by atoms with E-state index in [4.69, 9.17) is 0 Å². The van der Waals surface area contributed by atoms with E-state index >= 15 is 0 Å². The van der Waals surface area contributed by atoms with Crippen LogP contribution in [0.5, 0.6) is 0 Å². The van der Waals surface area contributed by atoms with Crippen molar-refractivity contribution in [3.63, 3.8) is 0 Å². The van der Waals surface area contributed by atoms with Gasteiger partial charge in [0, 0.05) is 7.49 Å². The zero-order chi connectivity index (χ0) is 11.4. The molecule has 2 rings (SSSR count). The van der Waals surface area contributed by atoms with E-state index in [0.29, 0.717) is 3.92 Å². The first-order chi connectivity index (χ1) is 7.77. The molecule has 2 aromatic carbocycles. The number of benzene rings is 2. The van der Waals surface area contributed by atoms with E-state index in [-0.39, 0.29) is 0 Å². The molecule has 0 N–H and O–H groups in total. The van der Waals surface area contributed by atoms with Gasteiger partial charge >= 0.3 is 0 Å². The lowest BCUT2D eigenvalue weighted by Gasteiger charge is -2.12. The van der Waals surface area contributed by atoms with Gasteiger partial charge in [-0.2, -0.15) is 0 Å². The van der Waals surface area contributed by atoms with Crippen molar-refractivity contribution in [1.82, 2.24) is 0 Å². The molecule has 0 saturated carbocycles. The van der Waals surface area contributed by atoms with Crippen LogP contribution in [0.15, 0.2) is 54.6 Å². The second kappa shape index (κ2) is 6.00. The van der Waals surface area contributed by atoms with Crippen molar-refractivity contribution in [1.29, 1.82) is 0 Å². The highest BCUT2D eigenvalue weighted by Gasteiger charge is 2.10. The second-order valence-electron chi connectivity index (χ2n) is 3.68. The molecule has 82 valence electrons. The van der Waals surface area contributed by atoms with Crippen molar-refractivity contribution < 1.29 is 0 Å². The fourth-order valence-corrected chi connectivity index (χ4v) is 4.07. The first-order valence-corrected chi connectivity index (χ1v) is 7.52. The molecule has 1 unspecified atom stereocenters. The first-order valence-electron chi connectivity index (χ1n) is 5.20. The average molecular weight is 434 g/mol. The van der Waals surface area contributed by atoms with E-state index in [1.165, 1.54) is 14.7 Å². The van der Waals surface area contributed by atoms with Gasteiger partial charge < -0.3 is 0 Å². The fourth-order valence-electron chi connectivity index (χ4n) is 1.66. The SMILES string of the molecule is Ic1ccccc1C(I)Cc1ccccc1. The smallest absolute Gasteiger partial charge is 0.0410 e. The summed E-state index contributed by atoms with van der Waals surface area (Å²) in [5.41, 5.74) is 2.84. The molecule has 0 saturated heterocycles. The highest BCUT2D eigenvalue weighted by atomic mass is 127. The van der Waals surface area contributed by atoms with E-state index in [2.05, 4.69) is 99.8 Å². The summed E-state index contributed by atoms with van der Waals surface area (Å²) in [7, 11) is 0. The molecule has 0 heterocycles. The van der Waals surface area contributed by atoms with Crippen LogP contribution in [0.2, 0.25) is 0 Å². The van der Waals surface area contributed by atoms with Crippen LogP contribution in [0.4, 0.5) is 0 Å². The Morgan fingerprint density at radius 1 is 0.875 bits per heavy atom.